The van der Waals surface area contributed by atoms with Crippen molar-refractivity contribution >= 4 is 23.3 Å². The standard InChI is InChI=1S/C14H10ClFN2O3/c15-9-11(17)10(16)12(18-13(9)14(19)20)7-1-2-8-6(5-7)3-4-21-8/h1-2,5H,3-4H2,(H2,17,18)(H,19,20). The van der Waals surface area contributed by atoms with E-state index in [0.717, 1.165) is 11.3 Å². The molecule has 5 nitrogen and oxygen atoms in total. The number of hydrogen-bond donors (Lipinski definition) is 2. The number of fused-ring (bicyclic) bond motifs is 1. The van der Waals surface area contributed by atoms with Crippen LogP contribution < -0.4 is 10.5 Å². The maximum absolute atomic E-state index is 14.2. The molecular weight excluding hydrogens is 299 g/mol. The van der Waals surface area contributed by atoms with E-state index in [9.17, 15) is 9.18 Å². The zero-order valence-electron chi connectivity index (χ0n) is 10.7. The van der Waals surface area contributed by atoms with Gasteiger partial charge in [-0.3, -0.25) is 0 Å². The number of ether oxygens (including phenoxy) is 1. The number of nitrogens with zero attached hydrogens (tertiary/aromatic N) is 1. The Kier molecular flexibility index (Phi) is 3.17. The quantitative estimate of drug-likeness (QED) is 0.891. The molecular formula is C14H10ClFN2O3. The lowest BCUT2D eigenvalue weighted by Crippen LogP contribution is -2.08. The van der Waals surface area contributed by atoms with Crippen LogP contribution in [0.15, 0.2) is 18.2 Å². The molecule has 1 aromatic heterocycles. The molecule has 0 bridgehead atoms. The summed E-state index contributed by atoms with van der Waals surface area (Å²) in [5, 5.41) is 8.67. The Balaban J connectivity index is 2.20. The fourth-order valence-electron chi connectivity index (χ4n) is 2.23. The summed E-state index contributed by atoms with van der Waals surface area (Å²) in [6, 6.07) is 5.02. The van der Waals surface area contributed by atoms with Crippen LogP contribution in [0.3, 0.4) is 0 Å². The van der Waals surface area contributed by atoms with E-state index in [-0.39, 0.29) is 5.69 Å². The molecule has 0 atom stereocenters. The van der Waals surface area contributed by atoms with Crippen LogP contribution >= 0.6 is 11.6 Å². The SMILES string of the molecule is Nc1c(F)c(-c2ccc3c(c2)CCO3)nc(C(=O)O)c1Cl. The highest BCUT2D eigenvalue weighted by Crippen LogP contribution is 2.35. The number of carboxylic acid groups (broad SMARTS) is 1. The lowest BCUT2D eigenvalue weighted by molar-refractivity contribution is 0.0691. The predicted molar refractivity (Wildman–Crippen MR) is 75.2 cm³/mol. The van der Waals surface area contributed by atoms with Gasteiger partial charge in [0.2, 0.25) is 0 Å². The van der Waals surface area contributed by atoms with Gasteiger partial charge in [-0.25, -0.2) is 14.2 Å². The van der Waals surface area contributed by atoms with Crippen molar-refractivity contribution in [2.24, 2.45) is 0 Å². The minimum Gasteiger partial charge on any atom is -0.493 e. The summed E-state index contributed by atoms with van der Waals surface area (Å²) >= 11 is 5.72. The van der Waals surface area contributed by atoms with Crippen LogP contribution in [0.1, 0.15) is 16.1 Å². The molecule has 0 unspecified atom stereocenters. The molecule has 0 amide bonds. The molecule has 0 spiro atoms. The number of anilines is 1. The van der Waals surface area contributed by atoms with Gasteiger partial charge in [0.15, 0.2) is 11.5 Å². The highest BCUT2D eigenvalue weighted by Gasteiger charge is 2.23. The molecule has 0 fully saturated rings. The summed E-state index contributed by atoms with van der Waals surface area (Å²) in [6.07, 6.45) is 0.708. The fourth-order valence-corrected chi connectivity index (χ4v) is 2.43. The number of nitrogens with two attached hydrogens (primary N) is 1. The van der Waals surface area contributed by atoms with Crippen molar-refractivity contribution in [2.45, 2.75) is 6.42 Å². The lowest BCUT2D eigenvalue weighted by atomic mass is 10.0. The predicted octanol–water partition coefficient (Wildman–Crippen LogP) is 2.76. The summed E-state index contributed by atoms with van der Waals surface area (Å²) in [6.45, 7) is 0.567. The number of halogens is 2. The molecule has 1 aliphatic heterocycles. The van der Waals surface area contributed by atoms with Gasteiger partial charge >= 0.3 is 5.97 Å². The van der Waals surface area contributed by atoms with E-state index in [1.165, 1.54) is 0 Å². The van der Waals surface area contributed by atoms with E-state index in [4.69, 9.17) is 27.2 Å². The van der Waals surface area contributed by atoms with Crippen molar-refractivity contribution in [3.05, 3.63) is 40.3 Å². The van der Waals surface area contributed by atoms with Gasteiger partial charge < -0.3 is 15.6 Å². The molecule has 0 saturated heterocycles. The van der Waals surface area contributed by atoms with Crippen molar-refractivity contribution in [1.82, 2.24) is 4.98 Å². The first-order valence-corrected chi connectivity index (χ1v) is 6.50. The highest BCUT2D eigenvalue weighted by atomic mass is 35.5. The van der Waals surface area contributed by atoms with Crippen LogP contribution in [0.5, 0.6) is 5.75 Å². The van der Waals surface area contributed by atoms with E-state index >= 15 is 0 Å². The Labute approximate surface area is 124 Å². The van der Waals surface area contributed by atoms with E-state index < -0.39 is 28.2 Å². The zero-order chi connectivity index (χ0) is 15.1. The number of pyridine rings is 1. The van der Waals surface area contributed by atoms with Gasteiger partial charge in [0.25, 0.3) is 0 Å². The van der Waals surface area contributed by atoms with Gasteiger partial charge in [0, 0.05) is 12.0 Å². The Morgan fingerprint density at radius 1 is 1.48 bits per heavy atom. The average molecular weight is 309 g/mol. The number of carbonyl (C=O) groups is 1. The minimum atomic E-state index is -1.36. The van der Waals surface area contributed by atoms with Gasteiger partial charge in [0.1, 0.15) is 11.4 Å². The fraction of sp³-hybridized carbons (Fsp3) is 0.143. The largest absolute Gasteiger partial charge is 0.493 e. The molecule has 2 heterocycles. The summed E-state index contributed by atoms with van der Waals surface area (Å²) < 4.78 is 19.6. The summed E-state index contributed by atoms with van der Waals surface area (Å²) in [4.78, 5) is 14.9. The molecule has 21 heavy (non-hydrogen) atoms. The summed E-state index contributed by atoms with van der Waals surface area (Å²) in [7, 11) is 0. The lowest BCUT2D eigenvalue weighted by Gasteiger charge is -2.10. The molecule has 0 aliphatic carbocycles. The first-order valence-electron chi connectivity index (χ1n) is 6.13. The van der Waals surface area contributed by atoms with Gasteiger partial charge in [0.05, 0.1) is 17.3 Å². The van der Waals surface area contributed by atoms with Crippen LogP contribution in [-0.4, -0.2) is 22.7 Å². The normalized spacial score (nSPS) is 12.9. The molecule has 108 valence electrons. The van der Waals surface area contributed by atoms with Crippen molar-refractivity contribution in [3.8, 4) is 17.0 Å². The number of benzene rings is 1. The van der Waals surface area contributed by atoms with Crippen molar-refractivity contribution in [3.63, 3.8) is 0 Å². The third-order valence-electron chi connectivity index (χ3n) is 3.28. The minimum absolute atomic E-state index is 0.135. The number of carboxylic acids is 1. The van der Waals surface area contributed by atoms with Gasteiger partial charge in [-0.05, 0) is 23.8 Å². The van der Waals surface area contributed by atoms with Crippen molar-refractivity contribution in [1.29, 1.82) is 0 Å². The number of aromatic carboxylic acids is 1. The number of rotatable bonds is 2. The number of aromatic nitrogens is 1. The third-order valence-corrected chi connectivity index (χ3v) is 3.66. The number of nitrogen functional groups attached to an aromatic ring is 1. The van der Waals surface area contributed by atoms with E-state index in [1.54, 1.807) is 18.2 Å². The Hall–Kier alpha value is -2.34. The molecule has 3 N–H and O–H groups in total. The van der Waals surface area contributed by atoms with Crippen LogP contribution in [0, 0.1) is 5.82 Å². The average Bonchev–Trinajstić information content (AvgIpc) is 2.92. The molecule has 1 aromatic carbocycles. The number of hydrogen-bond acceptors (Lipinski definition) is 4. The molecule has 2 aromatic rings. The monoisotopic (exact) mass is 308 g/mol. The van der Waals surface area contributed by atoms with Crippen LogP contribution in [-0.2, 0) is 6.42 Å². The third kappa shape index (κ3) is 2.17. The summed E-state index contributed by atoms with van der Waals surface area (Å²) in [5.41, 5.74) is 5.86. The van der Waals surface area contributed by atoms with E-state index in [2.05, 4.69) is 4.98 Å². The Morgan fingerprint density at radius 3 is 2.95 bits per heavy atom. The van der Waals surface area contributed by atoms with E-state index in [0.29, 0.717) is 18.6 Å². The molecule has 0 saturated carbocycles. The molecule has 1 aliphatic rings. The van der Waals surface area contributed by atoms with Crippen molar-refractivity contribution < 1.29 is 19.0 Å². The molecule has 7 heteroatoms. The van der Waals surface area contributed by atoms with Gasteiger partial charge in [-0.15, -0.1) is 0 Å². The first-order chi connectivity index (χ1) is 9.99. The maximum Gasteiger partial charge on any atom is 0.356 e. The topological polar surface area (TPSA) is 85.4 Å². The first kappa shape index (κ1) is 13.6. The Bertz CT molecular complexity index is 764. The van der Waals surface area contributed by atoms with Crippen LogP contribution in [0.25, 0.3) is 11.3 Å². The Morgan fingerprint density at radius 2 is 2.24 bits per heavy atom. The smallest absolute Gasteiger partial charge is 0.356 e. The second kappa shape index (κ2) is 4.89. The van der Waals surface area contributed by atoms with E-state index in [1.807, 2.05) is 0 Å². The van der Waals surface area contributed by atoms with Crippen molar-refractivity contribution in [2.75, 3.05) is 12.3 Å². The van der Waals surface area contributed by atoms with Gasteiger partial charge in [-0.1, -0.05) is 11.6 Å². The maximum atomic E-state index is 14.2. The highest BCUT2D eigenvalue weighted by molar-refractivity contribution is 6.35. The zero-order valence-corrected chi connectivity index (χ0v) is 11.4. The second-order valence-corrected chi connectivity index (χ2v) is 4.95. The van der Waals surface area contributed by atoms with Crippen LogP contribution in [0.2, 0.25) is 5.02 Å². The summed E-state index contributed by atoms with van der Waals surface area (Å²) in [5.74, 6) is -1.46. The van der Waals surface area contributed by atoms with Gasteiger partial charge in [-0.2, -0.15) is 0 Å². The second-order valence-electron chi connectivity index (χ2n) is 4.58. The molecule has 0 radical (unpaired) electrons. The molecule has 3 rings (SSSR count). The van der Waals surface area contributed by atoms with Crippen LogP contribution in [0.4, 0.5) is 10.1 Å².